The highest BCUT2D eigenvalue weighted by atomic mass is 15.3. The first-order valence-electron chi connectivity index (χ1n) is 21.4. The molecular weight excluding hydrogens is 769 g/mol. The fourth-order valence-electron chi connectivity index (χ4n) is 9.43. The number of para-hydroxylation sites is 2. The maximum atomic E-state index is 5.19. The summed E-state index contributed by atoms with van der Waals surface area (Å²) >= 11 is 0. The first-order chi connectivity index (χ1) is 31.2. The number of amidine groups is 2. The van der Waals surface area contributed by atoms with Crippen LogP contribution in [0.2, 0.25) is 0 Å². The van der Waals surface area contributed by atoms with Crippen LogP contribution in [0.4, 0.5) is 0 Å². The zero-order valence-electron chi connectivity index (χ0n) is 34.5. The van der Waals surface area contributed by atoms with E-state index in [1.165, 1.54) is 27.1 Å². The van der Waals surface area contributed by atoms with Crippen molar-refractivity contribution in [2.45, 2.75) is 6.17 Å². The Morgan fingerprint density at radius 2 is 1.02 bits per heavy atom. The van der Waals surface area contributed by atoms with Crippen LogP contribution in [0.15, 0.2) is 228 Å². The Hall–Kier alpha value is -8.35. The van der Waals surface area contributed by atoms with E-state index < -0.39 is 0 Å². The average molecular weight is 809 g/mol. The number of hydrogen-bond donors (Lipinski definition) is 0. The van der Waals surface area contributed by atoms with Crippen molar-refractivity contribution in [1.29, 1.82) is 0 Å². The van der Waals surface area contributed by atoms with Gasteiger partial charge in [-0.2, -0.15) is 0 Å². The molecule has 0 saturated carbocycles. The predicted molar refractivity (Wildman–Crippen MR) is 260 cm³/mol. The summed E-state index contributed by atoms with van der Waals surface area (Å²) in [6.07, 6.45) is -0.212. The lowest BCUT2D eigenvalue weighted by Crippen LogP contribution is -2.35. The Kier molecular flexibility index (Phi) is 8.68. The van der Waals surface area contributed by atoms with E-state index in [9.17, 15) is 0 Å². The minimum atomic E-state index is -0.212. The second-order valence-electron chi connectivity index (χ2n) is 16.1. The topological polar surface area (TPSA) is 50.7 Å². The summed E-state index contributed by atoms with van der Waals surface area (Å²) in [7, 11) is 2.08. The summed E-state index contributed by atoms with van der Waals surface area (Å²) in [5.74, 6) is 1.60. The van der Waals surface area contributed by atoms with Gasteiger partial charge < -0.3 is 14.0 Å². The zero-order chi connectivity index (χ0) is 41.9. The highest BCUT2D eigenvalue weighted by molar-refractivity contribution is 6.26. The molecular formula is C57H40N6. The number of pyridine rings is 1. The Bertz CT molecular complexity index is 3570. The van der Waals surface area contributed by atoms with Crippen LogP contribution in [0.3, 0.4) is 0 Å². The SMILES string of the molecule is CN1C(c2ccc(-n3c4ccccc4c4c3ccc3c5ccccc5n(-c5cccc(-c6cccc(-c7ccccc7)n6)c5)c34)cc2)=NC(c2ccccc2)=NC1c1ccccc1. The molecule has 1 aliphatic heterocycles. The van der Waals surface area contributed by atoms with Crippen molar-refractivity contribution in [2.24, 2.45) is 9.98 Å². The quantitative estimate of drug-likeness (QED) is 0.161. The van der Waals surface area contributed by atoms with Crippen molar-refractivity contribution in [3.8, 4) is 33.9 Å². The van der Waals surface area contributed by atoms with Crippen LogP contribution in [0.25, 0.3) is 77.5 Å². The highest BCUT2D eigenvalue weighted by Gasteiger charge is 2.27. The van der Waals surface area contributed by atoms with E-state index in [-0.39, 0.29) is 6.17 Å². The molecule has 1 unspecified atom stereocenters. The molecule has 11 aromatic rings. The number of fused-ring (bicyclic) bond motifs is 7. The van der Waals surface area contributed by atoms with Crippen molar-refractivity contribution in [3.63, 3.8) is 0 Å². The van der Waals surface area contributed by atoms with Gasteiger partial charge in [0.25, 0.3) is 0 Å². The largest absolute Gasteiger partial charge is 0.333 e. The van der Waals surface area contributed by atoms with Gasteiger partial charge in [0.1, 0.15) is 12.0 Å². The Morgan fingerprint density at radius 3 is 1.76 bits per heavy atom. The predicted octanol–water partition coefficient (Wildman–Crippen LogP) is 13.4. The molecule has 0 spiro atoms. The number of nitrogens with zero attached hydrogens (tertiary/aromatic N) is 6. The number of aromatic nitrogens is 3. The van der Waals surface area contributed by atoms with Crippen molar-refractivity contribution in [3.05, 3.63) is 235 Å². The molecule has 0 amide bonds. The Balaban J connectivity index is 1.01. The van der Waals surface area contributed by atoms with Crippen LogP contribution in [-0.2, 0) is 0 Å². The molecule has 3 aromatic heterocycles. The van der Waals surface area contributed by atoms with E-state index in [2.05, 4.69) is 209 Å². The van der Waals surface area contributed by atoms with Gasteiger partial charge in [0, 0.05) is 62.2 Å². The van der Waals surface area contributed by atoms with E-state index >= 15 is 0 Å². The smallest absolute Gasteiger partial charge is 0.159 e. The first-order valence-corrected chi connectivity index (χ1v) is 21.4. The molecule has 1 atom stereocenters. The molecule has 0 aliphatic carbocycles. The van der Waals surface area contributed by atoms with Crippen LogP contribution >= 0.6 is 0 Å². The molecule has 298 valence electrons. The fraction of sp³-hybridized carbons (Fsp3) is 0.0351. The van der Waals surface area contributed by atoms with Gasteiger partial charge in [-0.25, -0.2) is 15.0 Å². The third kappa shape index (κ3) is 6.14. The second kappa shape index (κ2) is 15.0. The molecule has 63 heavy (non-hydrogen) atoms. The molecule has 0 saturated heterocycles. The number of benzene rings is 8. The molecule has 6 nitrogen and oxygen atoms in total. The van der Waals surface area contributed by atoms with E-state index in [0.717, 1.165) is 78.8 Å². The van der Waals surface area contributed by atoms with Gasteiger partial charge in [-0.3, -0.25) is 0 Å². The van der Waals surface area contributed by atoms with E-state index in [4.69, 9.17) is 15.0 Å². The van der Waals surface area contributed by atoms with Crippen molar-refractivity contribution in [2.75, 3.05) is 7.05 Å². The maximum Gasteiger partial charge on any atom is 0.159 e. The van der Waals surface area contributed by atoms with Gasteiger partial charge in [-0.05, 0) is 72.3 Å². The molecule has 0 fully saturated rings. The van der Waals surface area contributed by atoms with Crippen molar-refractivity contribution < 1.29 is 0 Å². The summed E-state index contributed by atoms with van der Waals surface area (Å²) < 4.78 is 4.85. The average Bonchev–Trinajstić information content (AvgIpc) is 3.88. The second-order valence-corrected chi connectivity index (χ2v) is 16.1. The lowest BCUT2D eigenvalue weighted by molar-refractivity contribution is 0.383. The van der Waals surface area contributed by atoms with Gasteiger partial charge in [-0.15, -0.1) is 0 Å². The standard InChI is InChI=1S/C57H40N6/c1-61-56(40-21-9-4-10-22-40)59-55(39-19-7-3-8-20-39)60-57(61)41-31-33-43(34-32-41)62-51-30-14-12-26-47(51)53-52(62)36-35-46-45-25-11-13-29-50(45)63(54(46)53)44-24-15-23-42(37-44)49-28-16-27-48(58-49)38-17-5-2-6-18-38/h2-37,56H,1H3. The van der Waals surface area contributed by atoms with E-state index in [1.807, 2.05) is 30.3 Å². The van der Waals surface area contributed by atoms with Crippen LogP contribution < -0.4 is 0 Å². The maximum absolute atomic E-state index is 5.19. The third-order valence-electron chi connectivity index (χ3n) is 12.4. The van der Waals surface area contributed by atoms with Gasteiger partial charge in [0.15, 0.2) is 5.84 Å². The third-order valence-corrected chi connectivity index (χ3v) is 12.4. The normalized spacial score (nSPS) is 14.1. The van der Waals surface area contributed by atoms with Gasteiger partial charge in [0.2, 0.25) is 0 Å². The monoisotopic (exact) mass is 808 g/mol. The lowest BCUT2D eigenvalue weighted by Gasteiger charge is -2.32. The van der Waals surface area contributed by atoms with Gasteiger partial charge in [-0.1, -0.05) is 152 Å². The molecule has 0 radical (unpaired) electrons. The van der Waals surface area contributed by atoms with Crippen LogP contribution in [0, 0.1) is 0 Å². The Labute approximate surface area is 365 Å². The molecule has 6 heteroatoms. The molecule has 1 aliphatic rings. The van der Waals surface area contributed by atoms with Gasteiger partial charge >= 0.3 is 0 Å². The highest BCUT2D eigenvalue weighted by Crippen LogP contribution is 2.42. The minimum absolute atomic E-state index is 0.212. The summed E-state index contributed by atoms with van der Waals surface area (Å²) in [5.41, 5.74) is 14.0. The summed E-state index contributed by atoms with van der Waals surface area (Å²) in [5, 5.41) is 4.84. The van der Waals surface area contributed by atoms with Gasteiger partial charge in [0.05, 0.1) is 33.5 Å². The van der Waals surface area contributed by atoms with Crippen LogP contribution in [-0.4, -0.2) is 37.7 Å². The summed E-state index contributed by atoms with van der Waals surface area (Å²) in [6, 6.07) is 77.2. The number of rotatable bonds is 7. The summed E-state index contributed by atoms with van der Waals surface area (Å²) in [4.78, 5) is 17.7. The summed E-state index contributed by atoms with van der Waals surface area (Å²) in [6.45, 7) is 0. The number of hydrogen-bond acceptors (Lipinski definition) is 4. The van der Waals surface area contributed by atoms with E-state index in [0.29, 0.717) is 0 Å². The van der Waals surface area contributed by atoms with Crippen LogP contribution in [0.1, 0.15) is 22.9 Å². The minimum Gasteiger partial charge on any atom is -0.333 e. The van der Waals surface area contributed by atoms with Crippen LogP contribution in [0.5, 0.6) is 0 Å². The van der Waals surface area contributed by atoms with E-state index in [1.54, 1.807) is 0 Å². The molecule has 12 rings (SSSR count). The van der Waals surface area contributed by atoms with Crippen molar-refractivity contribution >= 4 is 55.3 Å². The molecule has 4 heterocycles. The molecule has 0 N–H and O–H groups in total. The Morgan fingerprint density at radius 1 is 0.413 bits per heavy atom. The molecule has 0 bridgehead atoms. The zero-order valence-corrected chi connectivity index (χ0v) is 34.5. The van der Waals surface area contributed by atoms with Crippen molar-refractivity contribution in [1.82, 2.24) is 19.0 Å². The molecule has 8 aromatic carbocycles. The first kappa shape index (κ1) is 36.5. The fourth-order valence-corrected chi connectivity index (χ4v) is 9.43. The lowest BCUT2D eigenvalue weighted by atomic mass is 10.1. The number of aliphatic imine (C=N–C) groups is 2.